The average molecular weight is 266 g/mol. The van der Waals surface area contributed by atoms with Crippen molar-refractivity contribution < 1.29 is 14.6 Å². The number of carbonyl (C=O) groups excluding carboxylic acids is 1. The third kappa shape index (κ3) is 6.33. The third-order valence-electron chi connectivity index (χ3n) is 2.72. The fraction of sp³-hybridized carbons (Fsp3) is 0.500. The lowest BCUT2D eigenvalue weighted by Crippen LogP contribution is -2.31. The molecule has 0 fully saturated rings. The van der Waals surface area contributed by atoms with Gasteiger partial charge in [-0.05, 0) is 31.5 Å². The van der Waals surface area contributed by atoms with Crippen molar-refractivity contribution in [2.24, 2.45) is 0 Å². The topological polar surface area (TPSA) is 70.6 Å². The van der Waals surface area contributed by atoms with Gasteiger partial charge in [-0.1, -0.05) is 18.2 Å². The molecule has 3 N–H and O–H groups in total. The maximum absolute atomic E-state index is 11.7. The lowest BCUT2D eigenvalue weighted by atomic mass is 10.2. The Bertz CT molecular complexity index is 396. The predicted octanol–water partition coefficient (Wildman–Crippen LogP) is 0.921. The number of rotatable bonds is 8. The van der Waals surface area contributed by atoms with Crippen LogP contribution in [-0.2, 0) is 9.53 Å². The Kier molecular flexibility index (Phi) is 7.10. The van der Waals surface area contributed by atoms with Crippen molar-refractivity contribution >= 4 is 11.6 Å². The Balaban J connectivity index is 2.20. The van der Waals surface area contributed by atoms with Gasteiger partial charge in [0.25, 0.3) is 0 Å². The second-order valence-corrected chi connectivity index (χ2v) is 4.44. The summed E-state index contributed by atoms with van der Waals surface area (Å²) >= 11 is 0. The molecular weight excluding hydrogens is 244 g/mol. The average Bonchev–Trinajstić information content (AvgIpc) is 2.38. The molecule has 0 aliphatic rings. The fourth-order valence-electron chi connectivity index (χ4n) is 1.65. The highest BCUT2D eigenvalue weighted by atomic mass is 16.5. The first-order chi connectivity index (χ1) is 9.13. The molecule has 19 heavy (non-hydrogen) atoms. The number of carbonyl (C=O) groups is 1. The van der Waals surface area contributed by atoms with E-state index in [4.69, 9.17) is 4.74 Å². The molecule has 1 amide bonds. The summed E-state index contributed by atoms with van der Waals surface area (Å²) in [4.78, 5) is 11.7. The van der Waals surface area contributed by atoms with Crippen molar-refractivity contribution in [1.82, 2.24) is 5.32 Å². The fourth-order valence-corrected chi connectivity index (χ4v) is 1.65. The Morgan fingerprint density at radius 2 is 2.16 bits per heavy atom. The van der Waals surface area contributed by atoms with Gasteiger partial charge in [0, 0.05) is 12.8 Å². The van der Waals surface area contributed by atoms with Crippen LogP contribution in [0.3, 0.4) is 0 Å². The van der Waals surface area contributed by atoms with Gasteiger partial charge in [0.2, 0.25) is 5.91 Å². The summed E-state index contributed by atoms with van der Waals surface area (Å²) in [5.74, 6) is -0.0875. The summed E-state index contributed by atoms with van der Waals surface area (Å²) in [5.41, 5.74) is 1.86. The van der Waals surface area contributed by atoms with E-state index in [0.29, 0.717) is 19.6 Å². The molecule has 0 heterocycles. The van der Waals surface area contributed by atoms with Crippen LogP contribution in [0.25, 0.3) is 0 Å². The quantitative estimate of drug-likeness (QED) is 0.612. The molecule has 0 spiro atoms. The second kappa shape index (κ2) is 8.63. The van der Waals surface area contributed by atoms with E-state index in [1.807, 2.05) is 31.2 Å². The lowest BCUT2D eigenvalue weighted by Gasteiger charge is -2.11. The van der Waals surface area contributed by atoms with Crippen molar-refractivity contribution in [3.63, 3.8) is 0 Å². The first-order valence-electron chi connectivity index (χ1n) is 6.36. The first kappa shape index (κ1) is 15.6. The molecule has 0 saturated carbocycles. The zero-order chi connectivity index (χ0) is 14.1. The van der Waals surface area contributed by atoms with E-state index in [-0.39, 0.29) is 12.5 Å². The maximum atomic E-state index is 11.7. The molecular formula is C14H22N2O3. The highest BCUT2D eigenvalue weighted by Crippen LogP contribution is 2.12. The number of ether oxygens (including phenoxy) is 1. The van der Waals surface area contributed by atoms with Crippen molar-refractivity contribution in [2.75, 3.05) is 32.1 Å². The summed E-state index contributed by atoms with van der Waals surface area (Å²) in [6, 6.07) is 7.64. The minimum absolute atomic E-state index is 0.0875. The van der Waals surface area contributed by atoms with Crippen molar-refractivity contribution in [3.05, 3.63) is 29.8 Å². The zero-order valence-corrected chi connectivity index (χ0v) is 11.5. The van der Waals surface area contributed by atoms with Crippen LogP contribution in [0.2, 0.25) is 0 Å². The van der Waals surface area contributed by atoms with E-state index in [1.54, 1.807) is 7.11 Å². The van der Waals surface area contributed by atoms with Gasteiger partial charge in [-0.3, -0.25) is 4.79 Å². The molecule has 0 aliphatic carbocycles. The first-order valence-corrected chi connectivity index (χ1v) is 6.36. The monoisotopic (exact) mass is 266 g/mol. The van der Waals surface area contributed by atoms with E-state index in [0.717, 1.165) is 11.3 Å². The van der Waals surface area contributed by atoms with Crippen LogP contribution < -0.4 is 10.6 Å². The molecule has 1 rings (SSSR count). The van der Waals surface area contributed by atoms with Crippen LogP contribution in [0.15, 0.2) is 24.3 Å². The molecule has 0 radical (unpaired) electrons. The molecule has 1 unspecified atom stereocenters. The summed E-state index contributed by atoms with van der Waals surface area (Å²) in [5, 5.41) is 15.2. The van der Waals surface area contributed by atoms with Gasteiger partial charge in [0.05, 0.1) is 19.3 Å². The number of para-hydroxylation sites is 1. The Morgan fingerprint density at radius 1 is 1.42 bits per heavy atom. The highest BCUT2D eigenvalue weighted by Gasteiger charge is 2.05. The molecule has 0 saturated heterocycles. The molecule has 1 aromatic rings. The zero-order valence-electron chi connectivity index (χ0n) is 11.5. The van der Waals surface area contributed by atoms with Gasteiger partial charge in [-0.25, -0.2) is 0 Å². The number of anilines is 1. The van der Waals surface area contributed by atoms with Crippen LogP contribution in [-0.4, -0.2) is 43.9 Å². The number of benzene rings is 1. The smallest absolute Gasteiger partial charge is 0.238 e. The van der Waals surface area contributed by atoms with Gasteiger partial charge in [0.15, 0.2) is 0 Å². The van der Waals surface area contributed by atoms with Crippen LogP contribution in [0.5, 0.6) is 0 Å². The third-order valence-corrected chi connectivity index (χ3v) is 2.72. The number of hydrogen-bond donors (Lipinski definition) is 3. The summed E-state index contributed by atoms with van der Waals surface area (Å²) in [6.07, 6.45) is 0.0720. The van der Waals surface area contributed by atoms with Crippen molar-refractivity contribution in [2.45, 2.75) is 19.4 Å². The molecule has 1 atom stereocenters. The number of amides is 1. The maximum Gasteiger partial charge on any atom is 0.238 e. The second-order valence-electron chi connectivity index (χ2n) is 4.44. The normalized spacial score (nSPS) is 12.2. The molecule has 0 bridgehead atoms. The van der Waals surface area contributed by atoms with E-state index in [1.165, 1.54) is 0 Å². The van der Waals surface area contributed by atoms with Crippen molar-refractivity contribution in [3.8, 4) is 0 Å². The lowest BCUT2D eigenvalue weighted by molar-refractivity contribution is -0.115. The molecule has 5 heteroatoms. The van der Waals surface area contributed by atoms with Crippen LogP contribution in [0.1, 0.15) is 12.0 Å². The molecule has 1 aromatic carbocycles. The summed E-state index contributed by atoms with van der Waals surface area (Å²) in [7, 11) is 1.55. The van der Waals surface area contributed by atoms with Crippen LogP contribution in [0, 0.1) is 6.92 Å². The summed E-state index contributed by atoms with van der Waals surface area (Å²) < 4.78 is 4.82. The van der Waals surface area contributed by atoms with Gasteiger partial charge in [-0.15, -0.1) is 0 Å². The number of aliphatic hydroxyl groups excluding tert-OH is 1. The van der Waals surface area contributed by atoms with E-state index in [9.17, 15) is 9.90 Å². The predicted molar refractivity (Wildman–Crippen MR) is 75.2 cm³/mol. The minimum Gasteiger partial charge on any atom is -0.391 e. The number of methoxy groups -OCH3 is 1. The molecule has 106 valence electrons. The highest BCUT2D eigenvalue weighted by molar-refractivity contribution is 5.92. The largest absolute Gasteiger partial charge is 0.391 e. The standard InChI is InChI=1S/C14H22N2O3/c1-11-5-3-4-6-13(11)16-14(18)9-15-8-7-12(17)10-19-2/h3-6,12,15,17H,7-10H2,1-2H3,(H,16,18). The SMILES string of the molecule is COCC(O)CCNCC(=O)Nc1ccccc1C. The number of aryl methyl sites for hydroxylation is 1. The summed E-state index contributed by atoms with van der Waals surface area (Å²) in [6.45, 7) is 3.07. The minimum atomic E-state index is -0.489. The van der Waals surface area contributed by atoms with E-state index < -0.39 is 6.10 Å². The Morgan fingerprint density at radius 3 is 2.84 bits per heavy atom. The molecule has 0 aromatic heterocycles. The number of hydrogen-bond acceptors (Lipinski definition) is 4. The van der Waals surface area contributed by atoms with Crippen molar-refractivity contribution in [1.29, 1.82) is 0 Å². The Hall–Kier alpha value is -1.43. The van der Waals surface area contributed by atoms with Crippen LogP contribution in [0.4, 0.5) is 5.69 Å². The van der Waals surface area contributed by atoms with E-state index in [2.05, 4.69) is 10.6 Å². The Labute approximate surface area is 114 Å². The van der Waals surface area contributed by atoms with Gasteiger partial charge >= 0.3 is 0 Å². The van der Waals surface area contributed by atoms with E-state index >= 15 is 0 Å². The van der Waals surface area contributed by atoms with Gasteiger partial charge in [-0.2, -0.15) is 0 Å². The number of nitrogens with one attached hydrogen (secondary N) is 2. The van der Waals surface area contributed by atoms with Gasteiger partial charge in [0.1, 0.15) is 0 Å². The molecule has 5 nitrogen and oxygen atoms in total. The van der Waals surface area contributed by atoms with Crippen LogP contribution >= 0.6 is 0 Å². The number of aliphatic hydroxyl groups is 1. The van der Waals surface area contributed by atoms with Gasteiger partial charge < -0.3 is 20.5 Å². The molecule has 0 aliphatic heterocycles.